The van der Waals surface area contributed by atoms with Crippen LogP contribution in [0.3, 0.4) is 0 Å². The summed E-state index contributed by atoms with van der Waals surface area (Å²) in [5.41, 5.74) is 0.472. The first kappa shape index (κ1) is 12.2. The molecule has 0 heterocycles. The van der Waals surface area contributed by atoms with Crippen LogP contribution in [0.4, 0.5) is 0 Å². The maximum Gasteiger partial charge on any atom is 0.251 e. The van der Waals surface area contributed by atoms with Crippen molar-refractivity contribution in [2.24, 2.45) is 0 Å². The number of carbonyl (C=O) groups excluding carboxylic acids is 1. The fourth-order valence-electron chi connectivity index (χ4n) is 2.15. The molecule has 1 saturated carbocycles. The quantitative estimate of drug-likeness (QED) is 0.796. The summed E-state index contributed by atoms with van der Waals surface area (Å²) in [4.78, 5) is 11.9. The average Bonchev–Trinajstić information content (AvgIpc) is 2.32. The molecule has 1 aliphatic carbocycles. The number of hydrogen-bond donors (Lipinski definition) is 2. The number of amides is 1. The third kappa shape index (κ3) is 3.13. The Hall–Kier alpha value is -1.22. The SMILES string of the molecule is O=C(NC1CCCCC1Cl)c1cccc(O)c1. The van der Waals surface area contributed by atoms with Gasteiger partial charge in [0.1, 0.15) is 5.75 Å². The molecule has 1 amide bonds. The number of carbonyl (C=O) groups is 1. The van der Waals surface area contributed by atoms with E-state index in [4.69, 9.17) is 11.6 Å². The number of hydrogen-bond acceptors (Lipinski definition) is 2. The van der Waals surface area contributed by atoms with E-state index in [9.17, 15) is 9.90 Å². The maximum atomic E-state index is 11.9. The van der Waals surface area contributed by atoms with E-state index in [1.54, 1.807) is 18.2 Å². The lowest BCUT2D eigenvalue weighted by Gasteiger charge is -2.27. The number of aromatic hydroxyl groups is 1. The minimum atomic E-state index is -0.168. The molecule has 2 rings (SSSR count). The van der Waals surface area contributed by atoms with Crippen LogP contribution in [0.1, 0.15) is 36.0 Å². The lowest BCUT2D eigenvalue weighted by Crippen LogP contribution is -2.42. The van der Waals surface area contributed by atoms with Gasteiger partial charge in [-0.15, -0.1) is 11.6 Å². The van der Waals surface area contributed by atoms with E-state index < -0.39 is 0 Å². The standard InChI is InChI=1S/C13H16ClNO2/c14-11-6-1-2-7-12(11)15-13(17)9-4-3-5-10(16)8-9/h3-5,8,11-12,16H,1-2,6-7H2,(H,15,17). The molecule has 92 valence electrons. The van der Waals surface area contributed by atoms with Gasteiger partial charge in [-0.1, -0.05) is 18.9 Å². The number of alkyl halides is 1. The van der Waals surface area contributed by atoms with Crippen molar-refractivity contribution >= 4 is 17.5 Å². The number of phenolic OH excluding ortho intramolecular Hbond substituents is 1. The van der Waals surface area contributed by atoms with Crippen LogP contribution in [0, 0.1) is 0 Å². The molecule has 2 N–H and O–H groups in total. The highest BCUT2D eigenvalue weighted by molar-refractivity contribution is 6.21. The molecule has 0 bridgehead atoms. The zero-order valence-electron chi connectivity index (χ0n) is 9.53. The first-order valence-corrected chi connectivity index (χ1v) is 6.34. The van der Waals surface area contributed by atoms with Crippen molar-refractivity contribution in [3.8, 4) is 5.75 Å². The molecule has 0 radical (unpaired) electrons. The second-order valence-electron chi connectivity index (χ2n) is 4.43. The molecule has 1 aliphatic rings. The predicted molar refractivity (Wildman–Crippen MR) is 67.5 cm³/mol. The highest BCUT2D eigenvalue weighted by Crippen LogP contribution is 2.23. The molecule has 0 aromatic heterocycles. The summed E-state index contributed by atoms with van der Waals surface area (Å²) in [7, 11) is 0. The van der Waals surface area contributed by atoms with Gasteiger partial charge >= 0.3 is 0 Å². The second-order valence-corrected chi connectivity index (χ2v) is 4.99. The molecule has 0 aliphatic heterocycles. The molecule has 17 heavy (non-hydrogen) atoms. The topological polar surface area (TPSA) is 49.3 Å². The van der Waals surface area contributed by atoms with Crippen molar-refractivity contribution in [3.05, 3.63) is 29.8 Å². The summed E-state index contributed by atoms with van der Waals surface area (Å²) in [6.07, 6.45) is 4.12. The zero-order chi connectivity index (χ0) is 12.3. The number of benzene rings is 1. The maximum absolute atomic E-state index is 11.9. The summed E-state index contributed by atoms with van der Waals surface area (Å²) >= 11 is 6.18. The molecular weight excluding hydrogens is 238 g/mol. The van der Waals surface area contributed by atoms with E-state index in [0.717, 1.165) is 25.7 Å². The summed E-state index contributed by atoms with van der Waals surface area (Å²) in [5.74, 6) is -0.0674. The van der Waals surface area contributed by atoms with Crippen LogP contribution in [0.2, 0.25) is 0 Å². The molecule has 3 nitrogen and oxygen atoms in total. The molecule has 4 heteroatoms. The van der Waals surface area contributed by atoms with Crippen LogP contribution >= 0.6 is 11.6 Å². The Bertz CT molecular complexity index is 408. The molecule has 0 spiro atoms. The first-order valence-electron chi connectivity index (χ1n) is 5.91. The van der Waals surface area contributed by atoms with Crippen molar-refractivity contribution in [2.75, 3.05) is 0 Å². The molecular formula is C13H16ClNO2. The highest BCUT2D eigenvalue weighted by atomic mass is 35.5. The minimum Gasteiger partial charge on any atom is -0.508 e. The largest absolute Gasteiger partial charge is 0.508 e. The number of nitrogens with one attached hydrogen (secondary N) is 1. The third-order valence-electron chi connectivity index (χ3n) is 3.11. The lowest BCUT2D eigenvalue weighted by molar-refractivity contribution is 0.0928. The van der Waals surface area contributed by atoms with Crippen molar-refractivity contribution in [2.45, 2.75) is 37.1 Å². The smallest absolute Gasteiger partial charge is 0.251 e. The molecule has 1 aromatic rings. The number of rotatable bonds is 2. The van der Waals surface area contributed by atoms with Crippen molar-refractivity contribution in [1.82, 2.24) is 5.32 Å². The van der Waals surface area contributed by atoms with Crippen molar-refractivity contribution in [3.63, 3.8) is 0 Å². The number of phenols is 1. The van der Waals surface area contributed by atoms with Crippen molar-refractivity contribution in [1.29, 1.82) is 0 Å². The highest BCUT2D eigenvalue weighted by Gasteiger charge is 2.24. The van der Waals surface area contributed by atoms with Crippen LogP contribution in [0.15, 0.2) is 24.3 Å². The summed E-state index contributed by atoms with van der Waals surface area (Å²) in [5, 5.41) is 12.3. The Morgan fingerprint density at radius 1 is 1.35 bits per heavy atom. The molecule has 1 aromatic carbocycles. The van der Waals surface area contributed by atoms with Gasteiger partial charge in [0.2, 0.25) is 0 Å². The van der Waals surface area contributed by atoms with Crippen LogP contribution in [-0.4, -0.2) is 22.4 Å². The van der Waals surface area contributed by atoms with E-state index in [-0.39, 0.29) is 23.1 Å². The summed E-state index contributed by atoms with van der Waals surface area (Å²) < 4.78 is 0. The van der Waals surface area contributed by atoms with Gasteiger partial charge < -0.3 is 10.4 Å². The van der Waals surface area contributed by atoms with Crippen LogP contribution in [0.25, 0.3) is 0 Å². The van der Waals surface area contributed by atoms with Crippen LogP contribution in [-0.2, 0) is 0 Å². The lowest BCUT2D eigenvalue weighted by atomic mass is 9.94. The minimum absolute atomic E-state index is 0.0185. The monoisotopic (exact) mass is 253 g/mol. The van der Waals surface area contributed by atoms with Gasteiger partial charge in [-0.05, 0) is 31.0 Å². The van der Waals surface area contributed by atoms with E-state index in [0.29, 0.717) is 5.56 Å². The van der Waals surface area contributed by atoms with Crippen LogP contribution < -0.4 is 5.32 Å². The molecule has 0 saturated heterocycles. The van der Waals surface area contributed by atoms with Crippen molar-refractivity contribution < 1.29 is 9.90 Å². The van der Waals surface area contributed by atoms with Gasteiger partial charge in [-0.2, -0.15) is 0 Å². The Kier molecular flexibility index (Phi) is 3.89. The van der Waals surface area contributed by atoms with E-state index in [2.05, 4.69) is 5.32 Å². The molecule has 1 fully saturated rings. The first-order chi connectivity index (χ1) is 8.16. The zero-order valence-corrected chi connectivity index (χ0v) is 10.3. The van der Waals surface area contributed by atoms with Gasteiger partial charge in [0, 0.05) is 11.6 Å². The van der Waals surface area contributed by atoms with E-state index >= 15 is 0 Å². The predicted octanol–water partition coefficient (Wildman–Crippen LogP) is 2.67. The van der Waals surface area contributed by atoms with Crippen LogP contribution in [0.5, 0.6) is 5.75 Å². The van der Waals surface area contributed by atoms with Gasteiger partial charge in [-0.3, -0.25) is 4.79 Å². The Morgan fingerprint density at radius 2 is 2.12 bits per heavy atom. The van der Waals surface area contributed by atoms with E-state index in [1.165, 1.54) is 6.07 Å². The summed E-state index contributed by atoms with van der Waals surface area (Å²) in [6.45, 7) is 0. The Labute approximate surface area is 106 Å². The second kappa shape index (κ2) is 5.41. The number of halogens is 1. The van der Waals surface area contributed by atoms with Gasteiger partial charge in [-0.25, -0.2) is 0 Å². The van der Waals surface area contributed by atoms with E-state index in [1.807, 2.05) is 0 Å². The third-order valence-corrected chi connectivity index (χ3v) is 3.63. The van der Waals surface area contributed by atoms with Gasteiger partial charge in [0.25, 0.3) is 5.91 Å². The van der Waals surface area contributed by atoms with Gasteiger partial charge in [0.15, 0.2) is 0 Å². The molecule has 2 atom stereocenters. The van der Waals surface area contributed by atoms with Gasteiger partial charge in [0.05, 0.1) is 5.38 Å². The fraction of sp³-hybridized carbons (Fsp3) is 0.462. The Balaban J connectivity index is 2.01. The Morgan fingerprint density at radius 3 is 2.82 bits per heavy atom. The summed E-state index contributed by atoms with van der Waals surface area (Å²) in [6, 6.07) is 6.38. The molecule has 2 unspecified atom stereocenters. The fourth-order valence-corrected chi connectivity index (χ4v) is 2.49. The normalized spacial score (nSPS) is 24.3. The average molecular weight is 254 g/mol.